The SMILES string of the molecule is CC1CCOC1C(=O)NO. The van der Waals surface area contributed by atoms with Gasteiger partial charge >= 0.3 is 0 Å². The number of rotatable bonds is 1. The molecule has 1 aliphatic heterocycles. The van der Waals surface area contributed by atoms with Gasteiger partial charge in [0.15, 0.2) is 0 Å². The van der Waals surface area contributed by atoms with Crippen molar-refractivity contribution < 1.29 is 14.7 Å². The highest BCUT2D eigenvalue weighted by Crippen LogP contribution is 2.19. The molecule has 0 aromatic heterocycles. The fourth-order valence-electron chi connectivity index (χ4n) is 1.09. The number of hydrogen-bond donors (Lipinski definition) is 2. The Labute approximate surface area is 59.1 Å². The summed E-state index contributed by atoms with van der Waals surface area (Å²) in [6.45, 7) is 2.53. The smallest absolute Gasteiger partial charge is 0.272 e. The molecule has 1 rings (SSSR count). The minimum absolute atomic E-state index is 0.215. The molecule has 2 atom stereocenters. The Balaban J connectivity index is 2.46. The van der Waals surface area contributed by atoms with Crippen molar-refractivity contribution in [3.8, 4) is 0 Å². The minimum atomic E-state index is -0.454. The first-order valence-corrected chi connectivity index (χ1v) is 3.31. The molecule has 0 radical (unpaired) electrons. The van der Waals surface area contributed by atoms with Crippen LogP contribution in [0.15, 0.2) is 0 Å². The van der Waals surface area contributed by atoms with Gasteiger partial charge in [-0.05, 0) is 12.3 Å². The first-order valence-electron chi connectivity index (χ1n) is 3.31. The van der Waals surface area contributed by atoms with Crippen LogP contribution in [-0.4, -0.2) is 23.8 Å². The van der Waals surface area contributed by atoms with Gasteiger partial charge in [0.25, 0.3) is 5.91 Å². The van der Waals surface area contributed by atoms with Crippen LogP contribution in [0.5, 0.6) is 0 Å². The molecule has 1 aliphatic rings. The summed E-state index contributed by atoms with van der Waals surface area (Å²) in [7, 11) is 0. The van der Waals surface area contributed by atoms with E-state index in [0.29, 0.717) is 6.61 Å². The van der Waals surface area contributed by atoms with Crippen molar-refractivity contribution >= 4 is 5.91 Å². The van der Waals surface area contributed by atoms with Gasteiger partial charge in [-0.2, -0.15) is 0 Å². The summed E-state index contributed by atoms with van der Waals surface area (Å²) in [5.41, 5.74) is 1.57. The zero-order valence-corrected chi connectivity index (χ0v) is 5.83. The Hall–Kier alpha value is -0.610. The number of ether oxygens (including phenoxy) is 1. The number of carbonyl (C=O) groups is 1. The normalized spacial score (nSPS) is 32.2. The van der Waals surface area contributed by atoms with E-state index in [1.165, 1.54) is 0 Å². The molecule has 10 heavy (non-hydrogen) atoms. The van der Waals surface area contributed by atoms with Crippen LogP contribution in [0.1, 0.15) is 13.3 Å². The van der Waals surface area contributed by atoms with Gasteiger partial charge in [0, 0.05) is 6.61 Å². The summed E-state index contributed by atoms with van der Waals surface area (Å²) < 4.78 is 5.05. The molecular formula is C6H11NO3. The standard InChI is InChI=1S/C6H11NO3/c1-4-2-3-10-5(4)6(8)7-9/h4-5,9H,2-3H2,1H3,(H,7,8). The topological polar surface area (TPSA) is 58.6 Å². The van der Waals surface area contributed by atoms with Crippen molar-refractivity contribution in [1.29, 1.82) is 0 Å². The number of amides is 1. The largest absolute Gasteiger partial charge is 0.368 e. The van der Waals surface area contributed by atoms with E-state index < -0.39 is 12.0 Å². The average molecular weight is 145 g/mol. The fraction of sp³-hybridized carbons (Fsp3) is 0.833. The lowest BCUT2D eigenvalue weighted by atomic mass is 10.0. The van der Waals surface area contributed by atoms with Crippen molar-refractivity contribution in [1.82, 2.24) is 5.48 Å². The van der Waals surface area contributed by atoms with Gasteiger partial charge in [0.05, 0.1) is 0 Å². The van der Waals surface area contributed by atoms with Gasteiger partial charge in [-0.3, -0.25) is 10.0 Å². The zero-order chi connectivity index (χ0) is 7.56. The summed E-state index contributed by atoms with van der Waals surface area (Å²) in [5.74, 6) is -0.225. The third-order valence-corrected chi connectivity index (χ3v) is 1.76. The third kappa shape index (κ3) is 1.27. The molecule has 0 saturated carbocycles. The van der Waals surface area contributed by atoms with Crippen molar-refractivity contribution in [2.24, 2.45) is 5.92 Å². The predicted molar refractivity (Wildman–Crippen MR) is 33.5 cm³/mol. The van der Waals surface area contributed by atoms with E-state index in [1.54, 1.807) is 5.48 Å². The van der Waals surface area contributed by atoms with Crippen LogP contribution in [0.3, 0.4) is 0 Å². The summed E-state index contributed by atoms with van der Waals surface area (Å²) in [5, 5.41) is 8.23. The van der Waals surface area contributed by atoms with Gasteiger partial charge in [-0.25, -0.2) is 5.48 Å². The fourth-order valence-corrected chi connectivity index (χ4v) is 1.09. The summed E-state index contributed by atoms with van der Waals surface area (Å²) in [6, 6.07) is 0. The Morgan fingerprint density at radius 3 is 2.90 bits per heavy atom. The number of hydrogen-bond acceptors (Lipinski definition) is 3. The van der Waals surface area contributed by atoms with Crippen molar-refractivity contribution in [3.05, 3.63) is 0 Å². The minimum Gasteiger partial charge on any atom is -0.368 e. The third-order valence-electron chi connectivity index (χ3n) is 1.76. The molecule has 1 saturated heterocycles. The predicted octanol–water partition coefficient (Wildman–Crippen LogP) is -0.0832. The average Bonchev–Trinajstić information content (AvgIpc) is 2.34. The molecule has 58 valence electrons. The van der Waals surface area contributed by atoms with Crippen LogP contribution in [0.4, 0.5) is 0 Å². The zero-order valence-electron chi connectivity index (χ0n) is 5.83. The highest BCUT2D eigenvalue weighted by atomic mass is 16.5. The van der Waals surface area contributed by atoms with Crippen LogP contribution < -0.4 is 5.48 Å². The highest BCUT2D eigenvalue weighted by molar-refractivity contribution is 5.80. The van der Waals surface area contributed by atoms with E-state index >= 15 is 0 Å². The molecule has 4 heteroatoms. The number of hydroxylamine groups is 1. The highest BCUT2D eigenvalue weighted by Gasteiger charge is 2.30. The number of nitrogens with one attached hydrogen (secondary N) is 1. The molecule has 0 aromatic carbocycles. The lowest BCUT2D eigenvalue weighted by molar-refractivity contribution is -0.140. The Bertz CT molecular complexity index is 137. The van der Waals surface area contributed by atoms with E-state index in [-0.39, 0.29) is 5.92 Å². The molecule has 0 bridgehead atoms. The second kappa shape index (κ2) is 2.98. The van der Waals surface area contributed by atoms with Crippen LogP contribution in [0.25, 0.3) is 0 Å². The van der Waals surface area contributed by atoms with Gasteiger partial charge in [-0.1, -0.05) is 6.92 Å². The first kappa shape index (κ1) is 7.50. The Morgan fingerprint density at radius 2 is 2.50 bits per heavy atom. The molecule has 2 N–H and O–H groups in total. The van der Waals surface area contributed by atoms with Crippen LogP contribution in [0, 0.1) is 5.92 Å². The van der Waals surface area contributed by atoms with Crippen molar-refractivity contribution in [2.75, 3.05) is 6.61 Å². The molecule has 4 nitrogen and oxygen atoms in total. The molecular weight excluding hydrogens is 134 g/mol. The Kier molecular flexibility index (Phi) is 2.24. The lowest BCUT2D eigenvalue weighted by Gasteiger charge is -2.10. The van der Waals surface area contributed by atoms with E-state index in [1.807, 2.05) is 6.92 Å². The van der Waals surface area contributed by atoms with E-state index in [2.05, 4.69) is 0 Å². The Morgan fingerprint density at radius 1 is 1.80 bits per heavy atom. The molecule has 0 aromatic rings. The maximum Gasteiger partial charge on any atom is 0.272 e. The molecule has 1 fully saturated rings. The number of carbonyl (C=O) groups excluding carboxylic acids is 1. The first-order chi connectivity index (χ1) is 4.75. The van der Waals surface area contributed by atoms with Gasteiger partial charge in [0.2, 0.25) is 0 Å². The van der Waals surface area contributed by atoms with E-state index in [9.17, 15) is 4.79 Å². The van der Waals surface area contributed by atoms with Gasteiger partial charge in [-0.15, -0.1) is 0 Å². The summed E-state index contributed by atoms with van der Waals surface area (Å²) in [6.07, 6.45) is 0.433. The van der Waals surface area contributed by atoms with Gasteiger partial charge < -0.3 is 4.74 Å². The van der Waals surface area contributed by atoms with E-state index in [4.69, 9.17) is 9.94 Å². The van der Waals surface area contributed by atoms with E-state index in [0.717, 1.165) is 6.42 Å². The monoisotopic (exact) mass is 145 g/mol. The maximum absolute atomic E-state index is 10.7. The van der Waals surface area contributed by atoms with Crippen molar-refractivity contribution in [2.45, 2.75) is 19.4 Å². The second-order valence-corrected chi connectivity index (χ2v) is 2.53. The summed E-state index contributed by atoms with van der Waals surface area (Å²) >= 11 is 0. The molecule has 2 unspecified atom stereocenters. The van der Waals surface area contributed by atoms with Crippen LogP contribution >= 0.6 is 0 Å². The second-order valence-electron chi connectivity index (χ2n) is 2.53. The molecule has 0 aliphatic carbocycles. The molecule has 1 amide bonds. The van der Waals surface area contributed by atoms with Crippen LogP contribution in [-0.2, 0) is 9.53 Å². The van der Waals surface area contributed by atoms with Crippen LogP contribution in [0.2, 0.25) is 0 Å². The molecule has 1 heterocycles. The quantitative estimate of drug-likeness (QED) is 0.400. The molecule has 0 spiro atoms. The maximum atomic E-state index is 10.7. The summed E-state index contributed by atoms with van der Waals surface area (Å²) in [4.78, 5) is 10.7. The van der Waals surface area contributed by atoms with Crippen molar-refractivity contribution in [3.63, 3.8) is 0 Å². The lowest BCUT2D eigenvalue weighted by Crippen LogP contribution is -2.35. The van der Waals surface area contributed by atoms with Gasteiger partial charge in [0.1, 0.15) is 6.10 Å².